The first-order valence-electron chi connectivity index (χ1n) is 5.71. The van der Waals surface area contributed by atoms with Gasteiger partial charge in [-0.3, -0.25) is 4.79 Å². The normalized spacial score (nSPS) is 20.9. The number of hydrogen-bond donors (Lipinski definition) is 1. The fourth-order valence-electron chi connectivity index (χ4n) is 2.23. The molecule has 0 bridgehead atoms. The standard InChI is InChI=1S/C13H13ClN2O2/c1-8(17)12-5-6-13(18)16(12)9-3-4-11(15-2)10(14)7-9/h3-4,7-8,12,17H,5-6H2,1H3/t8-,12+/m0/s1. The minimum atomic E-state index is -0.587. The van der Waals surface area contributed by atoms with Gasteiger partial charge in [-0.1, -0.05) is 17.7 Å². The lowest BCUT2D eigenvalue weighted by atomic mass is 10.1. The fraction of sp³-hybridized carbons (Fsp3) is 0.385. The SMILES string of the molecule is [C-]#[N+]c1ccc(N2C(=O)CC[C@@H]2[C@H](C)O)cc1Cl. The lowest BCUT2D eigenvalue weighted by molar-refractivity contribution is -0.117. The Morgan fingerprint density at radius 3 is 2.89 bits per heavy atom. The Bertz CT molecular complexity index is 522. The highest BCUT2D eigenvalue weighted by Crippen LogP contribution is 2.34. The number of amides is 1. The third kappa shape index (κ3) is 2.20. The summed E-state index contributed by atoms with van der Waals surface area (Å²) in [6.07, 6.45) is 0.479. The summed E-state index contributed by atoms with van der Waals surface area (Å²) in [6, 6.07) is 4.67. The third-order valence-corrected chi connectivity index (χ3v) is 3.44. The van der Waals surface area contributed by atoms with Crippen LogP contribution in [0.5, 0.6) is 0 Å². The molecule has 5 heteroatoms. The Morgan fingerprint density at radius 2 is 2.33 bits per heavy atom. The highest BCUT2D eigenvalue weighted by atomic mass is 35.5. The molecule has 0 saturated carbocycles. The van der Waals surface area contributed by atoms with Gasteiger partial charge in [0.2, 0.25) is 11.6 Å². The average molecular weight is 265 g/mol. The summed E-state index contributed by atoms with van der Waals surface area (Å²) in [7, 11) is 0. The summed E-state index contributed by atoms with van der Waals surface area (Å²) in [6.45, 7) is 8.60. The second kappa shape index (κ2) is 4.97. The van der Waals surface area contributed by atoms with Gasteiger partial charge >= 0.3 is 0 Å². The van der Waals surface area contributed by atoms with Crippen molar-refractivity contribution >= 4 is 28.9 Å². The Balaban J connectivity index is 2.38. The summed E-state index contributed by atoms with van der Waals surface area (Å²) in [4.78, 5) is 16.7. The van der Waals surface area contributed by atoms with Crippen molar-refractivity contribution in [3.8, 4) is 0 Å². The van der Waals surface area contributed by atoms with E-state index in [1.807, 2.05) is 0 Å². The van der Waals surface area contributed by atoms with Crippen molar-refractivity contribution in [2.75, 3.05) is 4.90 Å². The van der Waals surface area contributed by atoms with Crippen molar-refractivity contribution in [3.05, 3.63) is 34.6 Å². The second-order valence-electron chi connectivity index (χ2n) is 4.36. The van der Waals surface area contributed by atoms with Crippen molar-refractivity contribution in [1.29, 1.82) is 0 Å². The smallest absolute Gasteiger partial charge is 0.227 e. The first kappa shape index (κ1) is 12.9. The number of benzene rings is 1. The number of carbonyl (C=O) groups is 1. The van der Waals surface area contributed by atoms with E-state index in [4.69, 9.17) is 18.2 Å². The Morgan fingerprint density at radius 1 is 1.61 bits per heavy atom. The molecule has 1 aromatic carbocycles. The van der Waals surface area contributed by atoms with Crippen LogP contribution in [0.4, 0.5) is 11.4 Å². The molecule has 1 saturated heterocycles. The summed E-state index contributed by atoms with van der Waals surface area (Å²) in [5.41, 5.74) is 1.00. The summed E-state index contributed by atoms with van der Waals surface area (Å²) in [5.74, 6) is -0.0208. The van der Waals surface area contributed by atoms with Gasteiger partial charge in [-0.05, 0) is 25.5 Å². The predicted molar refractivity (Wildman–Crippen MR) is 69.9 cm³/mol. The Labute approximate surface area is 111 Å². The summed E-state index contributed by atoms with van der Waals surface area (Å²) in [5, 5.41) is 10.0. The van der Waals surface area contributed by atoms with Gasteiger partial charge < -0.3 is 10.0 Å². The van der Waals surface area contributed by atoms with E-state index in [-0.39, 0.29) is 11.9 Å². The first-order chi connectivity index (χ1) is 8.54. The van der Waals surface area contributed by atoms with Crippen LogP contribution < -0.4 is 4.90 Å². The van der Waals surface area contributed by atoms with E-state index in [9.17, 15) is 9.90 Å². The zero-order valence-corrected chi connectivity index (χ0v) is 10.7. The summed E-state index contributed by atoms with van der Waals surface area (Å²) < 4.78 is 0. The monoisotopic (exact) mass is 264 g/mol. The van der Waals surface area contributed by atoms with Crippen LogP contribution in [0.2, 0.25) is 5.02 Å². The molecule has 2 atom stereocenters. The van der Waals surface area contributed by atoms with Gasteiger partial charge in [-0.15, -0.1) is 0 Å². The maximum absolute atomic E-state index is 11.9. The molecule has 0 aliphatic carbocycles. The minimum Gasteiger partial charge on any atom is -0.391 e. The second-order valence-corrected chi connectivity index (χ2v) is 4.77. The molecule has 18 heavy (non-hydrogen) atoms. The van der Waals surface area contributed by atoms with Gasteiger partial charge in [0.25, 0.3) is 0 Å². The van der Waals surface area contributed by atoms with Crippen LogP contribution in [0.15, 0.2) is 18.2 Å². The number of hydrogen-bond acceptors (Lipinski definition) is 2. The largest absolute Gasteiger partial charge is 0.391 e. The van der Waals surface area contributed by atoms with E-state index >= 15 is 0 Å². The van der Waals surface area contributed by atoms with Crippen molar-refractivity contribution < 1.29 is 9.90 Å². The lowest BCUT2D eigenvalue weighted by Gasteiger charge is -2.27. The zero-order chi connectivity index (χ0) is 13.3. The molecule has 2 rings (SSSR count). The number of rotatable bonds is 2. The lowest BCUT2D eigenvalue weighted by Crippen LogP contribution is -2.39. The maximum atomic E-state index is 11.9. The van der Waals surface area contributed by atoms with E-state index < -0.39 is 6.10 Å². The molecule has 0 spiro atoms. The fourth-order valence-corrected chi connectivity index (χ4v) is 2.45. The molecule has 1 N–H and O–H groups in total. The molecule has 1 aliphatic heterocycles. The van der Waals surface area contributed by atoms with Crippen LogP contribution in [-0.4, -0.2) is 23.2 Å². The molecule has 0 radical (unpaired) electrons. The van der Waals surface area contributed by atoms with E-state index in [0.29, 0.717) is 29.2 Å². The topological polar surface area (TPSA) is 44.9 Å². The van der Waals surface area contributed by atoms with Crippen LogP contribution in [0.1, 0.15) is 19.8 Å². The number of nitrogens with zero attached hydrogens (tertiary/aromatic N) is 2. The summed E-state index contributed by atoms with van der Waals surface area (Å²) >= 11 is 5.97. The Hall–Kier alpha value is -1.57. The molecule has 4 nitrogen and oxygen atoms in total. The highest BCUT2D eigenvalue weighted by molar-refractivity contribution is 6.33. The van der Waals surface area contributed by atoms with E-state index in [0.717, 1.165) is 0 Å². The zero-order valence-electron chi connectivity index (χ0n) is 9.93. The number of anilines is 1. The van der Waals surface area contributed by atoms with Crippen LogP contribution in [-0.2, 0) is 4.79 Å². The third-order valence-electron chi connectivity index (χ3n) is 3.14. The van der Waals surface area contributed by atoms with Gasteiger partial charge in [0, 0.05) is 17.1 Å². The number of aliphatic hydroxyl groups is 1. The minimum absolute atomic E-state index is 0.0208. The predicted octanol–water partition coefficient (Wildman–Crippen LogP) is 2.77. The first-order valence-corrected chi connectivity index (χ1v) is 6.09. The molecule has 1 aromatic rings. The number of halogens is 1. The van der Waals surface area contributed by atoms with Crippen molar-refractivity contribution in [2.45, 2.75) is 31.9 Å². The van der Waals surface area contributed by atoms with Crippen molar-refractivity contribution in [2.24, 2.45) is 0 Å². The molecule has 94 valence electrons. The molecule has 0 unspecified atom stereocenters. The number of aliphatic hydroxyl groups excluding tert-OH is 1. The van der Waals surface area contributed by atoms with Gasteiger partial charge in [-0.2, -0.15) is 0 Å². The van der Waals surface area contributed by atoms with Crippen LogP contribution in [0, 0.1) is 6.57 Å². The maximum Gasteiger partial charge on any atom is 0.227 e. The van der Waals surface area contributed by atoms with Gasteiger partial charge in [0.15, 0.2) is 0 Å². The van der Waals surface area contributed by atoms with Crippen molar-refractivity contribution in [1.82, 2.24) is 0 Å². The van der Waals surface area contributed by atoms with Gasteiger partial charge in [-0.25, -0.2) is 4.85 Å². The Kier molecular flexibility index (Phi) is 3.55. The van der Waals surface area contributed by atoms with E-state index in [2.05, 4.69) is 4.85 Å². The van der Waals surface area contributed by atoms with Gasteiger partial charge in [0.1, 0.15) is 0 Å². The molecule has 0 aromatic heterocycles. The number of carbonyl (C=O) groups excluding carboxylic acids is 1. The van der Waals surface area contributed by atoms with E-state index in [1.54, 1.807) is 30.0 Å². The molecular weight excluding hydrogens is 252 g/mol. The van der Waals surface area contributed by atoms with Gasteiger partial charge in [0.05, 0.1) is 18.7 Å². The van der Waals surface area contributed by atoms with Crippen LogP contribution in [0.3, 0.4) is 0 Å². The molecule has 1 heterocycles. The van der Waals surface area contributed by atoms with Crippen LogP contribution in [0.25, 0.3) is 4.85 Å². The molecule has 1 aliphatic rings. The quantitative estimate of drug-likeness (QED) is 0.835. The average Bonchev–Trinajstić information content (AvgIpc) is 2.71. The van der Waals surface area contributed by atoms with Crippen molar-refractivity contribution in [3.63, 3.8) is 0 Å². The van der Waals surface area contributed by atoms with E-state index in [1.165, 1.54) is 0 Å². The molecule has 1 amide bonds. The molecule has 1 fully saturated rings. The molecular formula is C13H13ClN2O2. The van der Waals surface area contributed by atoms with Crippen LogP contribution >= 0.6 is 11.6 Å². The highest BCUT2D eigenvalue weighted by Gasteiger charge is 2.35.